The second-order valence-corrected chi connectivity index (χ2v) is 5.24. The number of aromatic hydroxyl groups is 1. The lowest BCUT2D eigenvalue weighted by Gasteiger charge is -2.13. The summed E-state index contributed by atoms with van der Waals surface area (Å²) in [4.78, 5) is 4.17. The molecule has 0 saturated carbocycles. The third-order valence-electron chi connectivity index (χ3n) is 2.53. The summed E-state index contributed by atoms with van der Waals surface area (Å²) >= 11 is 0.943. The number of alkyl halides is 3. The molecule has 1 N–H and O–H groups in total. The topological polar surface area (TPSA) is 41.8 Å². The van der Waals surface area contributed by atoms with Crippen molar-refractivity contribution in [1.82, 2.24) is 0 Å². The second-order valence-electron chi connectivity index (χ2n) is 4.18. The monoisotopic (exact) mass is 337 g/mol. The van der Waals surface area contributed by atoms with Crippen molar-refractivity contribution in [2.24, 2.45) is 4.99 Å². The Morgan fingerprint density at radius 3 is 2.45 bits per heavy atom. The van der Waals surface area contributed by atoms with Gasteiger partial charge in [-0.1, -0.05) is 18.3 Å². The molecule has 1 rings (SSSR count). The van der Waals surface area contributed by atoms with Crippen molar-refractivity contribution in [3.8, 4) is 5.06 Å². The van der Waals surface area contributed by atoms with Crippen LogP contribution < -0.4 is 0 Å². The van der Waals surface area contributed by atoms with Crippen LogP contribution in [0.2, 0.25) is 0 Å². The summed E-state index contributed by atoms with van der Waals surface area (Å²) in [6.45, 7) is 2.96. The zero-order valence-corrected chi connectivity index (χ0v) is 13.0. The van der Waals surface area contributed by atoms with E-state index in [1.54, 1.807) is 0 Å². The molecule has 0 spiro atoms. The van der Waals surface area contributed by atoms with Gasteiger partial charge in [0.05, 0.1) is 17.7 Å². The lowest BCUT2D eigenvalue weighted by Crippen LogP contribution is -2.16. The third kappa shape index (κ3) is 4.59. The maximum absolute atomic E-state index is 13.8. The number of methoxy groups -OCH3 is 1. The minimum Gasteiger partial charge on any atom is -0.499 e. The van der Waals surface area contributed by atoms with Gasteiger partial charge in [0.25, 0.3) is 0 Å². The standard InChI is InChI=1S/C14H15F4NO2S/c1-4-5-9(15)12(14(16,17)18)13(21-3)19-8(2)10-6-7-11(20)22-10/h5-7,20H,4H2,1-3H3/b9-5-,13-12-,19-8?. The summed E-state index contributed by atoms with van der Waals surface area (Å²) in [6.07, 6.45) is -4.03. The fraction of sp³-hybridized carbons (Fsp3) is 0.357. The predicted octanol–water partition coefficient (Wildman–Crippen LogP) is 4.95. The molecule has 3 nitrogen and oxygen atoms in total. The van der Waals surface area contributed by atoms with E-state index in [0.29, 0.717) is 4.88 Å². The first-order chi connectivity index (χ1) is 10.2. The number of rotatable bonds is 5. The smallest absolute Gasteiger partial charge is 0.424 e. The molecule has 0 radical (unpaired) electrons. The maximum Gasteiger partial charge on any atom is 0.424 e. The van der Waals surface area contributed by atoms with Gasteiger partial charge < -0.3 is 9.84 Å². The maximum atomic E-state index is 13.8. The molecule has 22 heavy (non-hydrogen) atoms. The van der Waals surface area contributed by atoms with Crippen LogP contribution in [0.5, 0.6) is 5.06 Å². The number of allylic oxidation sites excluding steroid dienone is 3. The summed E-state index contributed by atoms with van der Waals surface area (Å²) in [5.74, 6) is -2.29. The van der Waals surface area contributed by atoms with Crippen molar-refractivity contribution in [2.75, 3.05) is 7.11 Å². The average Bonchev–Trinajstić information content (AvgIpc) is 2.83. The van der Waals surface area contributed by atoms with E-state index in [9.17, 15) is 22.7 Å². The summed E-state index contributed by atoms with van der Waals surface area (Å²) in [5, 5.41) is 9.26. The minimum absolute atomic E-state index is 0.000556. The molecule has 0 amide bonds. The van der Waals surface area contributed by atoms with E-state index in [-0.39, 0.29) is 17.2 Å². The van der Waals surface area contributed by atoms with Crippen LogP contribution in [-0.4, -0.2) is 24.1 Å². The Labute approximate surface area is 129 Å². The van der Waals surface area contributed by atoms with Gasteiger partial charge in [-0.2, -0.15) is 13.2 Å². The number of nitrogens with zero attached hydrogens (tertiary/aromatic N) is 1. The van der Waals surface area contributed by atoms with Gasteiger partial charge in [-0.15, -0.1) is 0 Å². The van der Waals surface area contributed by atoms with Crippen LogP contribution in [0, 0.1) is 0 Å². The number of hydrogen-bond donors (Lipinski definition) is 1. The predicted molar refractivity (Wildman–Crippen MR) is 77.8 cm³/mol. The molecule has 1 aromatic heterocycles. The van der Waals surface area contributed by atoms with E-state index in [0.717, 1.165) is 24.5 Å². The van der Waals surface area contributed by atoms with Gasteiger partial charge in [-0.3, -0.25) is 0 Å². The van der Waals surface area contributed by atoms with Crippen LogP contribution >= 0.6 is 11.3 Å². The lowest BCUT2D eigenvalue weighted by molar-refractivity contribution is -0.0944. The van der Waals surface area contributed by atoms with Crippen molar-refractivity contribution in [3.05, 3.63) is 40.4 Å². The van der Waals surface area contributed by atoms with Crippen molar-refractivity contribution in [3.63, 3.8) is 0 Å². The molecule has 0 aliphatic rings. The fourth-order valence-corrected chi connectivity index (χ4v) is 2.26. The van der Waals surface area contributed by atoms with E-state index < -0.39 is 23.5 Å². The Bertz CT molecular complexity index is 615. The molecule has 0 aliphatic heterocycles. The van der Waals surface area contributed by atoms with E-state index in [1.807, 2.05) is 0 Å². The Morgan fingerprint density at radius 2 is 2.05 bits per heavy atom. The largest absolute Gasteiger partial charge is 0.499 e. The molecular formula is C14H15F4NO2S. The van der Waals surface area contributed by atoms with Gasteiger partial charge in [-0.05, 0) is 31.6 Å². The summed E-state index contributed by atoms with van der Waals surface area (Å²) < 4.78 is 57.6. The molecule has 8 heteroatoms. The molecule has 0 unspecified atom stereocenters. The summed E-state index contributed by atoms with van der Waals surface area (Å²) in [6, 6.07) is 2.88. The van der Waals surface area contributed by atoms with Gasteiger partial charge in [0.15, 0.2) is 10.6 Å². The highest BCUT2D eigenvalue weighted by Crippen LogP contribution is 2.36. The molecule has 0 saturated heterocycles. The second kappa shape index (κ2) is 7.44. The Morgan fingerprint density at radius 1 is 1.41 bits per heavy atom. The van der Waals surface area contributed by atoms with Crippen LogP contribution in [0.3, 0.4) is 0 Å². The number of hydrogen-bond acceptors (Lipinski definition) is 4. The Hall–Kier alpha value is -1.83. The van der Waals surface area contributed by atoms with E-state index >= 15 is 0 Å². The zero-order chi connectivity index (χ0) is 16.9. The van der Waals surface area contributed by atoms with Crippen molar-refractivity contribution in [1.29, 1.82) is 0 Å². The molecule has 0 atom stereocenters. The highest BCUT2D eigenvalue weighted by Gasteiger charge is 2.40. The van der Waals surface area contributed by atoms with Crippen LogP contribution in [-0.2, 0) is 4.74 Å². The normalized spacial score (nSPS) is 14.9. The molecule has 1 aromatic rings. The van der Waals surface area contributed by atoms with Crippen molar-refractivity contribution >= 4 is 17.0 Å². The first-order valence-electron chi connectivity index (χ1n) is 6.26. The molecule has 0 aliphatic carbocycles. The van der Waals surface area contributed by atoms with Gasteiger partial charge in [0, 0.05) is 0 Å². The highest BCUT2D eigenvalue weighted by atomic mass is 32.1. The van der Waals surface area contributed by atoms with Crippen LogP contribution in [0.1, 0.15) is 25.1 Å². The fourth-order valence-electron chi connectivity index (χ4n) is 1.57. The number of halogens is 4. The summed E-state index contributed by atoms with van der Waals surface area (Å²) in [7, 11) is 0.989. The molecule has 0 bridgehead atoms. The van der Waals surface area contributed by atoms with Gasteiger partial charge in [0.1, 0.15) is 5.83 Å². The SMILES string of the molecule is CC/C=C(F)/C(=C(\N=C(C)c1ccc(O)s1)OC)C(F)(F)F. The van der Waals surface area contributed by atoms with E-state index in [1.165, 1.54) is 26.0 Å². The van der Waals surface area contributed by atoms with Crippen molar-refractivity contribution < 1.29 is 27.4 Å². The van der Waals surface area contributed by atoms with Crippen molar-refractivity contribution in [2.45, 2.75) is 26.4 Å². The zero-order valence-electron chi connectivity index (χ0n) is 12.2. The van der Waals surface area contributed by atoms with Crippen LogP contribution in [0.25, 0.3) is 0 Å². The minimum atomic E-state index is -4.94. The average molecular weight is 337 g/mol. The van der Waals surface area contributed by atoms with Crippen LogP contribution in [0.4, 0.5) is 17.6 Å². The highest BCUT2D eigenvalue weighted by molar-refractivity contribution is 7.15. The third-order valence-corrected chi connectivity index (χ3v) is 3.53. The molecule has 0 aromatic carbocycles. The van der Waals surface area contributed by atoms with Crippen LogP contribution in [0.15, 0.2) is 40.5 Å². The quantitative estimate of drug-likeness (QED) is 0.358. The lowest BCUT2D eigenvalue weighted by atomic mass is 10.2. The van der Waals surface area contributed by atoms with Gasteiger partial charge >= 0.3 is 6.18 Å². The van der Waals surface area contributed by atoms with Gasteiger partial charge in [-0.25, -0.2) is 9.38 Å². The van der Waals surface area contributed by atoms with E-state index in [2.05, 4.69) is 9.73 Å². The number of thiophene rings is 1. The molecule has 122 valence electrons. The van der Waals surface area contributed by atoms with Gasteiger partial charge in [0.2, 0.25) is 5.88 Å². The first kappa shape index (κ1) is 18.2. The number of aliphatic imine (C=N–C) groups is 1. The summed E-state index contributed by atoms with van der Waals surface area (Å²) in [5.41, 5.74) is -1.38. The molecule has 1 heterocycles. The van der Waals surface area contributed by atoms with E-state index in [4.69, 9.17) is 0 Å². The molecule has 0 fully saturated rings. The first-order valence-corrected chi connectivity index (χ1v) is 7.08. The Balaban J connectivity index is 3.42. The Kier molecular flexibility index (Phi) is 6.16. The number of ether oxygens (including phenoxy) is 1. The molecular weight excluding hydrogens is 322 g/mol.